The van der Waals surface area contributed by atoms with Crippen LogP contribution in [0.4, 0.5) is 0 Å². The van der Waals surface area contributed by atoms with Crippen LogP contribution in [0.3, 0.4) is 0 Å². The van der Waals surface area contributed by atoms with Crippen molar-refractivity contribution in [3.63, 3.8) is 0 Å². The molecule has 1 unspecified atom stereocenters. The van der Waals surface area contributed by atoms with E-state index >= 15 is 0 Å². The highest BCUT2D eigenvalue weighted by Crippen LogP contribution is 2.41. The minimum Gasteiger partial charge on any atom is -0.393 e. The maximum Gasteiger partial charge on any atom is 0.115 e. The van der Waals surface area contributed by atoms with Gasteiger partial charge in [0.15, 0.2) is 0 Å². The van der Waals surface area contributed by atoms with Gasteiger partial charge in [-0.25, -0.2) is 15.0 Å². The van der Waals surface area contributed by atoms with Crippen molar-refractivity contribution in [2.75, 3.05) is 0 Å². The summed E-state index contributed by atoms with van der Waals surface area (Å²) in [4.78, 5) is 12.8. The van der Waals surface area contributed by atoms with Crippen LogP contribution in [0, 0.1) is 5.92 Å². The Kier molecular flexibility index (Phi) is 3.22. The van der Waals surface area contributed by atoms with Crippen LogP contribution < -0.4 is 0 Å². The van der Waals surface area contributed by atoms with Gasteiger partial charge in [0.05, 0.1) is 36.1 Å². The third-order valence-corrected chi connectivity index (χ3v) is 5.00. The number of nitrogens with zero attached hydrogens (tertiary/aromatic N) is 4. The molecule has 2 aliphatic rings. The summed E-state index contributed by atoms with van der Waals surface area (Å²) in [7, 11) is 0. The molecule has 0 aromatic carbocycles. The van der Waals surface area contributed by atoms with Gasteiger partial charge in [0.25, 0.3) is 0 Å². The quantitative estimate of drug-likeness (QED) is 0.941. The summed E-state index contributed by atoms with van der Waals surface area (Å²) >= 11 is 0. The van der Waals surface area contributed by atoms with Crippen LogP contribution >= 0.6 is 0 Å². The van der Waals surface area contributed by atoms with Crippen LogP contribution in [0.15, 0.2) is 25.0 Å². The monoisotopic (exact) mass is 284 g/mol. The Hall–Kier alpha value is -1.75. The summed E-state index contributed by atoms with van der Waals surface area (Å²) in [6, 6.07) is 0.0948. The molecule has 110 valence electrons. The summed E-state index contributed by atoms with van der Waals surface area (Å²) in [6.07, 6.45) is 13.7. The van der Waals surface area contributed by atoms with Crippen LogP contribution in [-0.4, -0.2) is 30.7 Å². The molecule has 0 amide bonds. The first-order valence-electron chi connectivity index (χ1n) is 7.85. The lowest BCUT2D eigenvalue weighted by atomic mass is 9.83. The number of hydrogen-bond acceptors (Lipinski definition) is 4. The number of fused-ring (bicyclic) bond motifs is 3. The Morgan fingerprint density at radius 3 is 2.90 bits per heavy atom. The molecule has 1 fully saturated rings. The standard InChI is InChI=1S/C16H20N4O/c21-15(11-4-2-1-3-5-11)6-13-16-12(7-17-9-19-16)14-8-18-10-20(13)14/h7-11,13,15,21H,1-6H2/t13-,15?/m1/s1. The van der Waals surface area contributed by atoms with E-state index in [0.717, 1.165) is 36.2 Å². The molecule has 21 heavy (non-hydrogen) atoms. The summed E-state index contributed by atoms with van der Waals surface area (Å²) < 4.78 is 2.13. The molecule has 5 heteroatoms. The largest absolute Gasteiger partial charge is 0.393 e. The van der Waals surface area contributed by atoms with Crippen molar-refractivity contribution in [3.8, 4) is 11.3 Å². The van der Waals surface area contributed by atoms with E-state index in [4.69, 9.17) is 0 Å². The average molecular weight is 284 g/mol. The average Bonchev–Trinajstić information content (AvgIpc) is 3.11. The number of aromatic nitrogens is 4. The minimum absolute atomic E-state index is 0.0948. The molecule has 5 nitrogen and oxygen atoms in total. The predicted molar refractivity (Wildman–Crippen MR) is 78.6 cm³/mol. The zero-order valence-electron chi connectivity index (χ0n) is 12.0. The molecule has 2 aromatic heterocycles. The van der Waals surface area contributed by atoms with Crippen molar-refractivity contribution >= 4 is 0 Å². The summed E-state index contributed by atoms with van der Waals surface area (Å²) in [5, 5.41) is 10.6. The first kappa shape index (κ1) is 13.0. The van der Waals surface area contributed by atoms with Crippen molar-refractivity contribution in [3.05, 3.63) is 30.7 Å². The summed E-state index contributed by atoms with van der Waals surface area (Å²) in [5.74, 6) is 0.441. The van der Waals surface area contributed by atoms with Gasteiger partial charge in [0.2, 0.25) is 0 Å². The zero-order valence-corrected chi connectivity index (χ0v) is 12.0. The molecular formula is C16H20N4O. The van der Waals surface area contributed by atoms with Gasteiger partial charge in [0.1, 0.15) is 6.33 Å². The number of hydrogen-bond donors (Lipinski definition) is 1. The van der Waals surface area contributed by atoms with E-state index in [1.54, 1.807) is 6.33 Å². The van der Waals surface area contributed by atoms with Gasteiger partial charge in [-0.3, -0.25) is 0 Å². The summed E-state index contributed by atoms with van der Waals surface area (Å²) in [5.41, 5.74) is 3.14. The predicted octanol–water partition coefficient (Wildman–Crippen LogP) is 2.57. The molecule has 1 saturated carbocycles. The fourth-order valence-electron chi connectivity index (χ4n) is 3.86. The first-order valence-corrected chi connectivity index (χ1v) is 7.85. The Labute approximate surface area is 124 Å². The van der Waals surface area contributed by atoms with Gasteiger partial charge in [0, 0.05) is 18.2 Å². The Balaban J connectivity index is 1.60. The molecule has 1 aliphatic carbocycles. The number of aliphatic hydroxyl groups is 1. The van der Waals surface area contributed by atoms with Gasteiger partial charge in [-0.15, -0.1) is 0 Å². The van der Waals surface area contributed by atoms with Crippen molar-refractivity contribution in [1.29, 1.82) is 0 Å². The van der Waals surface area contributed by atoms with Crippen LogP contribution in [0.2, 0.25) is 0 Å². The Morgan fingerprint density at radius 2 is 2.05 bits per heavy atom. The lowest BCUT2D eigenvalue weighted by molar-refractivity contribution is 0.0683. The van der Waals surface area contributed by atoms with E-state index < -0.39 is 0 Å². The van der Waals surface area contributed by atoms with Crippen molar-refractivity contribution in [2.24, 2.45) is 5.92 Å². The maximum atomic E-state index is 10.6. The molecule has 0 spiro atoms. The lowest BCUT2D eigenvalue weighted by Crippen LogP contribution is -2.26. The number of aliphatic hydroxyl groups excluding tert-OH is 1. The van der Waals surface area contributed by atoms with Gasteiger partial charge >= 0.3 is 0 Å². The lowest BCUT2D eigenvalue weighted by Gasteiger charge is -2.28. The molecule has 1 aliphatic heterocycles. The van der Waals surface area contributed by atoms with Crippen molar-refractivity contribution in [2.45, 2.75) is 50.7 Å². The highest BCUT2D eigenvalue weighted by Gasteiger charge is 2.33. The third-order valence-electron chi connectivity index (χ3n) is 5.00. The SMILES string of the molecule is OC(C[C@@H]1c2ncncc2-c2cncn21)C1CCCCC1. The van der Waals surface area contributed by atoms with E-state index in [2.05, 4.69) is 19.5 Å². The van der Waals surface area contributed by atoms with Gasteiger partial charge in [-0.05, 0) is 18.8 Å². The molecule has 4 rings (SSSR count). The minimum atomic E-state index is -0.258. The van der Waals surface area contributed by atoms with Crippen molar-refractivity contribution < 1.29 is 5.11 Å². The van der Waals surface area contributed by atoms with Gasteiger partial charge < -0.3 is 9.67 Å². The molecule has 0 radical (unpaired) electrons. The smallest absolute Gasteiger partial charge is 0.115 e. The fraction of sp³-hybridized carbons (Fsp3) is 0.562. The molecule has 3 heterocycles. The molecule has 2 aromatic rings. The van der Waals surface area contributed by atoms with E-state index in [1.165, 1.54) is 19.3 Å². The fourth-order valence-corrected chi connectivity index (χ4v) is 3.86. The highest BCUT2D eigenvalue weighted by molar-refractivity contribution is 5.65. The second kappa shape index (κ2) is 5.22. The number of imidazole rings is 1. The Morgan fingerprint density at radius 1 is 1.19 bits per heavy atom. The van der Waals surface area contributed by atoms with E-state index in [-0.39, 0.29) is 12.1 Å². The van der Waals surface area contributed by atoms with E-state index in [1.807, 2.05) is 18.7 Å². The van der Waals surface area contributed by atoms with Crippen LogP contribution in [0.5, 0.6) is 0 Å². The molecule has 2 atom stereocenters. The normalized spacial score (nSPS) is 22.8. The second-order valence-corrected chi connectivity index (χ2v) is 6.22. The van der Waals surface area contributed by atoms with Crippen LogP contribution in [-0.2, 0) is 0 Å². The molecule has 0 saturated heterocycles. The maximum absolute atomic E-state index is 10.6. The first-order chi connectivity index (χ1) is 10.3. The van der Waals surface area contributed by atoms with E-state index in [9.17, 15) is 5.11 Å². The zero-order chi connectivity index (χ0) is 14.2. The van der Waals surface area contributed by atoms with E-state index in [0.29, 0.717) is 5.92 Å². The van der Waals surface area contributed by atoms with Crippen LogP contribution in [0.1, 0.15) is 50.3 Å². The van der Waals surface area contributed by atoms with Crippen molar-refractivity contribution in [1.82, 2.24) is 19.5 Å². The highest BCUT2D eigenvalue weighted by atomic mass is 16.3. The van der Waals surface area contributed by atoms with Gasteiger partial charge in [-0.1, -0.05) is 19.3 Å². The third kappa shape index (κ3) is 2.16. The summed E-state index contributed by atoms with van der Waals surface area (Å²) in [6.45, 7) is 0. The number of rotatable bonds is 3. The molecule has 0 bridgehead atoms. The Bertz CT molecular complexity index is 633. The molecule has 1 N–H and O–H groups in total. The second-order valence-electron chi connectivity index (χ2n) is 6.22. The molecular weight excluding hydrogens is 264 g/mol. The van der Waals surface area contributed by atoms with Gasteiger partial charge in [-0.2, -0.15) is 0 Å². The topological polar surface area (TPSA) is 63.8 Å². The van der Waals surface area contributed by atoms with Crippen LogP contribution in [0.25, 0.3) is 11.3 Å².